The van der Waals surface area contributed by atoms with Gasteiger partial charge >= 0.3 is 0 Å². The van der Waals surface area contributed by atoms with Gasteiger partial charge in [0.25, 0.3) is 0 Å². The van der Waals surface area contributed by atoms with Crippen molar-refractivity contribution in [2.75, 3.05) is 33.5 Å². The highest BCUT2D eigenvalue weighted by molar-refractivity contribution is 7.89. The van der Waals surface area contributed by atoms with Crippen LogP contribution in [0.25, 0.3) is 0 Å². The van der Waals surface area contributed by atoms with Gasteiger partial charge < -0.3 is 9.64 Å². The average Bonchev–Trinajstić information content (AvgIpc) is 3.67. The van der Waals surface area contributed by atoms with Crippen molar-refractivity contribution < 1.29 is 22.7 Å². The lowest BCUT2D eigenvalue weighted by Crippen LogP contribution is -2.40. The van der Waals surface area contributed by atoms with E-state index in [2.05, 4.69) is 24.0 Å². The van der Waals surface area contributed by atoms with Crippen molar-refractivity contribution in [3.05, 3.63) is 81.3 Å². The van der Waals surface area contributed by atoms with Gasteiger partial charge in [0.05, 0.1) is 19.1 Å². The second kappa shape index (κ2) is 12.2. The molecule has 0 N–H and O–H groups in total. The van der Waals surface area contributed by atoms with Crippen LogP contribution in [0.3, 0.4) is 0 Å². The van der Waals surface area contributed by atoms with E-state index in [9.17, 15) is 18.0 Å². The largest absolute Gasteiger partial charge is 0.497 e. The Labute approximate surface area is 241 Å². The van der Waals surface area contributed by atoms with Gasteiger partial charge in [-0.1, -0.05) is 49.4 Å². The summed E-state index contributed by atoms with van der Waals surface area (Å²) in [4.78, 5) is 34.0. The number of ketones is 1. The van der Waals surface area contributed by atoms with Gasteiger partial charge in [-0.2, -0.15) is 0 Å². The van der Waals surface area contributed by atoms with E-state index in [0.29, 0.717) is 16.4 Å². The minimum absolute atomic E-state index is 0.0499. The molecule has 0 bridgehead atoms. The molecule has 0 radical (unpaired) electrons. The summed E-state index contributed by atoms with van der Waals surface area (Å²) in [6, 6.07) is 17.9. The number of methoxy groups -OCH3 is 1. The third-order valence-electron chi connectivity index (χ3n) is 7.59. The lowest BCUT2D eigenvalue weighted by Gasteiger charge is -2.28. The number of nitrogens with zero attached hydrogens (tertiary/aromatic N) is 3. The molecule has 0 spiro atoms. The molecule has 1 atom stereocenters. The smallest absolute Gasteiger partial charge is 0.233 e. The van der Waals surface area contributed by atoms with E-state index in [0.717, 1.165) is 34.9 Å². The van der Waals surface area contributed by atoms with Gasteiger partial charge in [-0.15, -0.1) is 11.3 Å². The molecule has 1 aromatic heterocycles. The third-order valence-corrected chi connectivity index (χ3v) is 10.3. The number of ether oxygens (including phenoxy) is 1. The van der Waals surface area contributed by atoms with Crippen molar-refractivity contribution in [2.45, 2.75) is 51.0 Å². The summed E-state index contributed by atoms with van der Waals surface area (Å²) < 4.78 is 30.9. The van der Waals surface area contributed by atoms with E-state index in [1.54, 1.807) is 14.0 Å². The summed E-state index contributed by atoms with van der Waals surface area (Å²) >= 11 is 1.33. The molecule has 8 nitrogen and oxygen atoms in total. The van der Waals surface area contributed by atoms with Crippen LogP contribution in [0.2, 0.25) is 0 Å². The van der Waals surface area contributed by atoms with Crippen LogP contribution in [0.4, 0.5) is 0 Å². The van der Waals surface area contributed by atoms with Gasteiger partial charge in [-0.25, -0.2) is 17.7 Å². The van der Waals surface area contributed by atoms with Crippen LogP contribution in [-0.2, 0) is 26.8 Å². The zero-order valence-corrected chi connectivity index (χ0v) is 25.3. The molecule has 1 saturated carbocycles. The van der Waals surface area contributed by atoms with Gasteiger partial charge in [-0.05, 0) is 55.4 Å². The summed E-state index contributed by atoms with van der Waals surface area (Å²) in [5.74, 6) is -0.136. The predicted octanol–water partition coefficient (Wildman–Crippen LogP) is 4.79. The Morgan fingerprint density at radius 1 is 1.07 bits per heavy atom. The number of hydrogen-bond acceptors (Lipinski definition) is 7. The first kappa shape index (κ1) is 29.9. The Morgan fingerprint density at radius 3 is 2.30 bits per heavy atom. The molecule has 1 aliphatic rings. The van der Waals surface area contributed by atoms with Crippen LogP contribution in [0.5, 0.6) is 5.75 Å². The van der Waals surface area contributed by atoms with E-state index in [4.69, 9.17) is 4.74 Å². The Balaban J connectivity index is 1.58. The number of carbonyl (C=O) groups is 2. The lowest BCUT2D eigenvalue weighted by atomic mass is 9.93. The average molecular weight is 584 g/mol. The predicted molar refractivity (Wildman–Crippen MR) is 157 cm³/mol. The second-order valence-electron chi connectivity index (χ2n) is 10.6. The summed E-state index contributed by atoms with van der Waals surface area (Å²) in [7, 11) is 0.715. The number of hydrogen-bond donors (Lipinski definition) is 0. The molecular formula is C30H37N3O5S2. The number of sulfonamides is 1. The van der Waals surface area contributed by atoms with Crippen molar-refractivity contribution in [3.63, 3.8) is 0 Å². The van der Waals surface area contributed by atoms with Gasteiger partial charge in [0.15, 0.2) is 5.78 Å². The first-order valence-electron chi connectivity index (χ1n) is 13.4. The fraction of sp³-hybridized carbons (Fsp3) is 0.433. The Morgan fingerprint density at radius 2 is 1.73 bits per heavy atom. The topological polar surface area (TPSA) is 96.9 Å². The van der Waals surface area contributed by atoms with Gasteiger partial charge in [-0.3, -0.25) is 9.59 Å². The SMILES string of the molecule is COc1ccc(C2(C(=O)N(CCC(C)c3ccccc3)Cc3nc(C(=O)CS(=O)(=O)N(C)C)c(C)s3)CC2)cc1. The van der Waals surface area contributed by atoms with E-state index < -0.39 is 27.0 Å². The maximum Gasteiger partial charge on any atom is 0.233 e. The Bertz CT molecular complexity index is 1450. The third kappa shape index (κ3) is 6.62. The maximum atomic E-state index is 14.1. The van der Waals surface area contributed by atoms with Crippen LogP contribution in [-0.4, -0.2) is 67.8 Å². The van der Waals surface area contributed by atoms with Crippen molar-refractivity contribution in [3.8, 4) is 5.75 Å². The number of aromatic nitrogens is 1. The molecule has 3 aromatic rings. The van der Waals surface area contributed by atoms with Crippen LogP contribution < -0.4 is 4.74 Å². The summed E-state index contributed by atoms with van der Waals surface area (Å²) in [5, 5.41) is 0.620. The van der Waals surface area contributed by atoms with E-state index >= 15 is 0 Å². The highest BCUT2D eigenvalue weighted by atomic mass is 32.2. The first-order chi connectivity index (χ1) is 19.0. The molecule has 4 rings (SSSR count). The number of benzene rings is 2. The zero-order chi connectivity index (χ0) is 29.1. The van der Waals surface area contributed by atoms with Crippen LogP contribution in [0.15, 0.2) is 54.6 Å². The quantitative estimate of drug-likeness (QED) is 0.269. The first-order valence-corrected chi connectivity index (χ1v) is 15.8. The van der Waals surface area contributed by atoms with Gasteiger partial charge in [0, 0.05) is 25.5 Å². The van der Waals surface area contributed by atoms with Crippen molar-refractivity contribution in [1.82, 2.24) is 14.2 Å². The summed E-state index contributed by atoms with van der Waals surface area (Å²) in [6.07, 6.45) is 2.31. The van der Waals surface area contributed by atoms with Crippen LogP contribution >= 0.6 is 11.3 Å². The van der Waals surface area contributed by atoms with E-state index in [1.165, 1.54) is 31.0 Å². The Hall–Kier alpha value is -3.08. The monoisotopic (exact) mass is 583 g/mol. The molecule has 1 heterocycles. The minimum atomic E-state index is -3.71. The van der Waals surface area contributed by atoms with Crippen molar-refractivity contribution in [1.29, 1.82) is 0 Å². The number of aryl methyl sites for hydroxylation is 1. The number of thiazole rings is 1. The molecular weight excluding hydrogens is 546 g/mol. The van der Waals surface area contributed by atoms with Crippen molar-refractivity contribution in [2.24, 2.45) is 0 Å². The highest BCUT2D eigenvalue weighted by Gasteiger charge is 2.53. The molecule has 214 valence electrons. The maximum absolute atomic E-state index is 14.1. The molecule has 40 heavy (non-hydrogen) atoms. The van der Waals surface area contributed by atoms with Crippen LogP contribution in [0.1, 0.15) is 63.6 Å². The molecule has 1 unspecified atom stereocenters. The van der Waals surface area contributed by atoms with Gasteiger partial charge in [0.1, 0.15) is 22.2 Å². The lowest BCUT2D eigenvalue weighted by molar-refractivity contribution is -0.134. The summed E-state index contributed by atoms with van der Waals surface area (Å²) in [5.41, 5.74) is 1.77. The molecule has 1 amide bonds. The standard InChI is InChI=1S/C30H37N3O5S2/c1-21(23-9-7-6-8-10-23)15-18-33(29(35)30(16-17-30)24-11-13-25(38-5)14-12-24)19-27-31-28(22(2)39-27)26(34)20-40(36,37)32(3)4/h6-14,21H,15-20H2,1-5H3. The second-order valence-corrected chi connectivity index (χ2v) is 14.1. The molecule has 0 aliphatic heterocycles. The van der Waals surface area contributed by atoms with E-state index in [-0.39, 0.29) is 24.1 Å². The molecule has 10 heteroatoms. The van der Waals surface area contributed by atoms with Gasteiger partial charge in [0.2, 0.25) is 15.9 Å². The zero-order valence-electron chi connectivity index (χ0n) is 23.7. The number of amides is 1. The molecule has 1 fully saturated rings. The fourth-order valence-electron chi connectivity index (χ4n) is 4.82. The molecule has 2 aromatic carbocycles. The highest BCUT2D eigenvalue weighted by Crippen LogP contribution is 2.50. The van der Waals surface area contributed by atoms with Crippen LogP contribution in [0, 0.1) is 6.92 Å². The molecule has 1 aliphatic carbocycles. The summed E-state index contributed by atoms with van der Waals surface area (Å²) in [6.45, 7) is 4.71. The van der Waals surface area contributed by atoms with Crippen molar-refractivity contribution >= 4 is 33.1 Å². The Kier molecular flexibility index (Phi) is 9.12. The number of rotatable bonds is 13. The molecule has 0 saturated heterocycles. The van der Waals surface area contributed by atoms with E-state index in [1.807, 2.05) is 47.4 Å². The number of Topliss-reactive ketones (excluding diaryl/α,β-unsaturated/α-hetero) is 1. The minimum Gasteiger partial charge on any atom is -0.497 e. The normalized spacial score (nSPS) is 15.1. The fourth-order valence-corrected chi connectivity index (χ4v) is 6.51. The number of carbonyl (C=O) groups excluding carboxylic acids is 2.